The topological polar surface area (TPSA) is 95.0 Å². The van der Waals surface area contributed by atoms with E-state index in [1.54, 1.807) is 30.2 Å². The van der Waals surface area contributed by atoms with Crippen LogP contribution in [0.5, 0.6) is 5.88 Å². The number of carbonyl (C=O) groups is 2. The minimum absolute atomic E-state index is 0.0147. The molecule has 2 amide bonds. The van der Waals surface area contributed by atoms with Gasteiger partial charge < -0.3 is 25.0 Å². The zero-order valence-corrected chi connectivity index (χ0v) is 17.4. The van der Waals surface area contributed by atoms with Crippen LogP contribution in [0, 0.1) is 0 Å². The first-order chi connectivity index (χ1) is 13.9. The Morgan fingerprint density at radius 3 is 2.72 bits per heavy atom. The van der Waals surface area contributed by atoms with E-state index in [0.29, 0.717) is 43.9 Å². The number of methoxy groups -OCH3 is 1. The second-order valence-electron chi connectivity index (χ2n) is 8.18. The van der Waals surface area contributed by atoms with Crippen molar-refractivity contribution < 1.29 is 19.4 Å². The van der Waals surface area contributed by atoms with Gasteiger partial charge in [-0.2, -0.15) is 0 Å². The van der Waals surface area contributed by atoms with E-state index < -0.39 is 5.60 Å². The largest absolute Gasteiger partial charge is 0.480 e. The first kappa shape index (κ1) is 21.5. The van der Waals surface area contributed by atoms with Crippen LogP contribution in [0.1, 0.15) is 49.4 Å². The maximum atomic E-state index is 12.9. The van der Waals surface area contributed by atoms with Crippen LogP contribution in [0.3, 0.4) is 0 Å². The van der Waals surface area contributed by atoms with Gasteiger partial charge in [0.1, 0.15) is 5.56 Å². The molecule has 8 nitrogen and oxygen atoms in total. The Kier molecular flexibility index (Phi) is 7.08. The molecule has 1 aromatic heterocycles. The molecule has 2 aliphatic heterocycles. The lowest BCUT2D eigenvalue weighted by molar-refractivity contribution is -0.120. The van der Waals surface area contributed by atoms with Crippen molar-refractivity contribution in [3.05, 3.63) is 23.9 Å². The summed E-state index contributed by atoms with van der Waals surface area (Å²) < 4.78 is 5.22. The Hall–Kier alpha value is -2.19. The summed E-state index contributed by atoms with van der Waals surface area (Å²) in [6, 6.07) is 3.69. The molecule has 2 aliphatic rings. The minimum atomic E-state index is -0.797. The van der Waals surface area contributed by atoms with Crippen molar-refractivity contribution in [1.29, 1.82) is 0 Å². The summed E-state index contributed by atoms with van der Waals surface area (Å²) in [6.45, 7) is 5.01. The molecule has 3 rings (SSSR count). The van der Waals surface area contributed by atoms with Gasteiger partial charge in [0, 0.05) is 51.9 Å². The number of rotatable bonds is 5. The van der Waals surface area contributed by atoms with Crippen molar-refractivity contribution in [3.8, 4) is 5.88 Å². The number of hydrogen-bond acceptors (Lipinski definition) is 6. The molecule has 3 heterocycles. The van der Waals surface area contributed by atoms with Crippen molar-refractivity contribution in [2.24, 2.45) is 0 Å². The monoisotopic (exact) mass is 404 g/mol. The summed E-state index contributed by atoms with van der Waals surface area (Å²) in [4.78, 5) is 32.3. The second-order valence-corrected chi connectivity index (χ2v) is 8.18. The summed E-state index contributed by atoms with van der Waals surface area (Å²) in [5.74, 6) is 0.246. The number of aliphatic hydroxyl groups is 1. The third kappa shape index (κ3) is 5.67. The lowest BCUT2D eigenvalue weighted by Crippen LogP contribution is -2.50. The number of aromatic nitrogens is 1. The highest BCUT2D eigenvalue weighted by Gasteiger charge is 2.35. The van der Waals surface area contributed by atoms with Crippen LogP contribution in [0.4, 0.5) is 0 Å². The van der Waals surface area contributed by atoms with Crippen molar-refractivity contribution in [1.82, 2.24) is 20.1 Å². The Bertz CT molecular complexity index is 720. The molecule has 0 aliphatic carbocycles. The first-order valence-electron chi connectivity index (χ1n) is 10.4. The maximum absolute atomic E-state index is 12.9. The van der Waals surface area contributed by atoms with Crippen LogP contribution in [-0.2, 0) is 4.79 Å². The Labute approximate surface area is 172 Å². The summed E-state index contributed by atoms with van der Waals surface area (Å²) in [7, 11) is 1.51. The molecule has 2 saturated heterocycles. The zero-order valence-electron chi connectivity index (χ0n) is 17.4. The normalized spacial score (nSPS) is 24.0. The van der Waals surface area contributed by atoms with Crippen molar-refractivity contribution in [3.63, 3.8) is 0 Å². The van der Waals surface area contributed by atoms with Gasteiger partial charge in [0.2, 0.25) is 11.8 Å². The zero-order chi connectivity index (χ0) is 20.9. The molecular weight excluding hydrogens is 372 g/mol. The van der Waals surface area contributed by atoms with Crippen molar-refractivity contribution >= 4 is 11.8 Å². The van der Waals surface area contributed by atoms with Crippen molar-refractivity contribution in [2.75, 3.05) is 39.8 Å². The van der Waals surface area contributed by atoms with E-state index in [1.807, 2.05) is 0 Å². The van der Waals surface area contributed by atoms with Crippen LogP contribution in [0.25, 0.3) is 0 Å². The van der Waals surface area contributed by atoms with Gasteiger partial charge in [-0.15, -0.1) is 0 Å². The molecule has 0 bridgehead atoms. The number of likely N-dealkylation sites (tertiary alicyclic amines) is 2. The van der Waals surface area contributed by atoms with E-state index in [1.165, 1.54) is 7.11 Å². The second kappa shape index (κ2) is 9.54. The molecule has 160 valence electrons. The number of amides is 2. The molecule has 2 N–H and O–H groups in total. The summed E-state index contributed by atoms with van der Waals surface area (Å²) in [5, 5.41) is 14.2. The van der Waals surface area contributed by atoms with E-state index in [9.17, 15) is 14.7 Å². The molecule has 2 fully saturated rings. The average molecular weight is 405 g/mol. The van der Waals surface area contributed by atoms with E-state index in [0.717, 1.165) is 32.4 Å². The quantitative estimate of drug-likeness (QED) is 0.762. The van der Waals surface area contributed by atoms with Gasteiger partial charge in [-0.25, -0.2) is 4.98 Å². The lowest BCUT2D eigenvalue weighted by Gasteiger charge is -2.38. The number of pyridine rings is 1. The Balaban J connectivity index is 1.55. The Morgan fingerprint density at radius 2 is 2.03 bits per heavy atom. The van der Waals surface area contributed by atoms with Gasteiger partial charge in [0.15, 0.2) is 0 Å². The fraction of sp³-hybridized carbons (Fsp3) is 0.667. The van der Waals surface area contributed by atoms with Gasteiger partial charge in [-0.3, -0.25) is 9.59 Å². The fourth-order valence-electron chi connectivity index (χ4n) is 4.37. The summed E-state index contributed by atoms with van der Waals surface area (Å²) in [5.41, 5.74) is -0.338. The molecule has 29 heavy (non-hydrogen) atoms. The molecule has 0 spiro atoms. The third-order valence-corrected chi connectivity index (χ3v) is 5.91. The molecular formula is C21H32N4O4. The first-order valence-corrected chi connectivity index (χ1v) is 10.4. The molecule has 1 atom stereocenters. The van der Waals surface area contributed by atoms with E-state index >= 15 is 0 Å². The highest BCUT2D eigenvalue weighted by molar-refractivity contribution is 5.96. The van der Waals surface area contributed by atoms with Crippen LogP contribution in [-0.4, -0.2) is 83.2 Å². The van der Waals surface area contributed by atoms with Gasteiger partial charge in [-0.1, -0.05) is 0 Å². The van der Waals surface area contributed by atoms with Crippen LogP contribution >= 0.6 is 0 Å². The van der Waals surface area contributed by atoms with Crippen molar-refractivity contribution in [2.45, 2.75) is 50.7 Å². The number of ether oxygens (including phenoxy) is 1. The van der Waals surface area contributed by atoms with Gasteiger partial charge >= 0.3 is 0 Å². The van der Waals surface area contributed by atoms with Crippen LogP contribution in [0.2, 0.25) is 0 Å². The summed E-state index contributed by atoms with van der Waals surface area (Å²) in [6.07, 6.45) is 5.39. The number of β-amino-alcohol motifs (C(OH)–C–C–N with tert-alkyl or cyclic N) is 1. The SMILES string of the molecule is COc1ncccc1C(=O)N1CCCC(O)(CN2CCC(NC(C)=O)CC2)CC1. The number of nitrogens with zero attached hydrogens (tertiary/aromatic N) is 3. The average Bonchev–Trinajstić information content (AvgIpc) is 2.90. The predicted molar refractivity (Wildman–Crippen MR) is 109 cm³/mol. The highest BCUT2D eigenvalue weighted by atomic mass is 16.5. The van der Waals surface area contributed by atoms with E-state index in [2.05, 4.69) is 15.2 Å². The minimum Gasteiger partial charge on any atom is -0.480 e. The standard InChI is InChI=1S/C21H32N4O4/c1-16(26)23-17-6-12-24(13-7-17)15-21(28)8-4-11-25(14-9-21)20(27)18-5-3-10-22-19(18)29-2/h3,5,10,17,28H,4,6-9,11-15H2,1-2H3,(H,23,26). The molecule has 1 aromatic rings. The highest BCUT2D eigenvalue weighted by Crippen LogP contribution is 2.27. The lowest BCUT2D eigenvalue weighted by atomic mass is 9.93. The number of carbonyl (C=O) groups excluding carboxylic acids is 2. The molecule has 8 heteroatoms. The van der Waals surface area contributed by atoms with Crippen LogP contribution < -0.4 is 10.1 Å². The van der Waals surface area contributed by atoms with E-state index in [4.69, 9.17) is 4.74 Å². The molecule has 1 unspecified atom stereocenters. The molecule has 0 radical (unpaired) electrons. The fourth-order valence-corrected chi connectivity index (χ4v) is 4.37. The van der Waals surface area contributed by atoms with Gasteiger partial charge in [0.25, 0.3) is 5.91 Å². The third-order valence-electron chi connectivity index (χ3n) is 5.91. The van der Waals surface area contributed by atoms with Gasteiger partial charge in [-0.05, 0) is 44.2 Å². The maximum Gasteiger partial charge on any atom is 0.259 e. The number of piperidine rings is 1. The Morgan fingerprint density at radius 1 is 1.28 bits per heavy atom. The van der Waals surface area contributed by atoms with Crippen LogP contribution in [0.15, 0.2) is 18.3 Å². The van der Waals surface area contributed by atoms with E-state index in [-0.39, 0.29) is 17.9 Å². The predicted octanol–water partition coefficient (Wildman–Crippen LogP) is 1.05. The molecule has 0 aromatic carbocycles. The number of nitrogens with one attached hydrogen (secondary N) is 1. The summed E-state index contributed by atoms with van der Waals surface area (Å²) >= 11 is 0. The number of hydrogen-bond donors (Lipinski definition) is 2. The molecule has 0 saturated carbocycles. The smallest absolute Gasteiger partial charge is 0.259 e. The van der Waals surface area contributed by atoms with Gasteiger partial charge in [0.05, 0.1) is 12.7 Å².